The van der Waals surface area contributed by atoms with Gasteiger partial charge < -0.3 is 14.8 Å². The maximum Gasteiger partial charge on any atom is 0.262 e. The van der Waals surface area contributed by atoms with Gasteiger partial charge in [-0.05, 0) is 41.6 Å². The molecule has 29 heavy (non-hydrogen) atoms. The van der Waals surface area contributed by atoms with E-state index in [1.165, 1.54) is 17.4 Å². The smallest absolute Gasteiger partial charge is 0.262 e. The molecule has 2 heterocycles. The molecule has 2 aromatic heterocycles. The van der Waals surface area contributed by atoms with Crippen molar-refractivity contribution in [1.29, 1.82) is 5.26 Å². The molecule has 0 unspecified atom stereocenters. The molecule has 0 saturated heterocycles. The minimum Gasteiger partial charge on any atom is -0.493 e. The molecule has 0 aliphatic heterocycles. The Balaban J connectivity index is 1.60. The first-order chi connectivity index (χ1) is 14.1. The van der Waals surface area contributed by atoms with Crippen LogP contribution in [0.5, 0.6) is 11.5 Å². The van der Waals surface area contributed by atoms with Crippen molar-refractivity contribution < 1.29 is 14.3 Å². The van der Waals surface area contributed by atoms with Gasteiger partial charge >= 0.3 is 0 Å². The van der Waals surface area contributed by atoms with Crippen molar-refractivity contribution in [3.8, 4) is 27.5 Å². The molecule has 6 nitrogen and oxygen atoms in total. The van der Waals surface area contributed by atoms with Gasteiger partial charge in [0.2, 0.25) is 0 Å². The summed E-state index contributed by atoms with van der Waals surface area (Å²) in [5, 5.41) is 16.8. The molecule has 3 rings (SSSR count). The van der Waals surface area contributed by atoms with Crippen LogP contribution in [0.3, 0.4) is 0 Å². The Morgan fingerprint density at radius 3 is 2.76 bits per heavy atom. The molecule has 0 radical (unpaired) electrons. The predicted octanol–water partition coefficient (Wildman–Crippen LogP) is 4.15. The quantitative estimate of drug-likeness (QED) is 0.433. The molecule has 0 bridgehead atoms. The van der Waals surface area contributed by atoms with Gasteiger partial charge in [0, 0.05) is 11.9 Å². The van der Waals surface area contributed by atoms with Gasteiger partial charge in [0.05, 0.1) is 24.8 Å². The molecule has 3 aromatic rings. The van der Waals surface area contributed by atoms with Gasteiger partial charge in [0.1, 0.15) is 16.6 Å². The van der Waals surface area contributed by atoms with Gasteiger partial charge in [-0.3, -0.25) is 4.79 Å². The van der Waals surface area contributed by atoms with Gasteiger partial charge in [-0.25, -0.2) is 4.98 Å². The summed E-state index contributed by atoms with van der Waals surface area (Å²) in [6.45, 7) is 0.394. The fraction of sp³-hybridized carbons (Fsp3) is 0.190. The van der Waals surface area contributed by atoms with E-state index < -0.39 is 5.91 Å². The Kier molecular flexibility index (Phi) is 7.00. The normalized spacial score (nSPS) is 11.0. The number of benzene rings is 1. The van der Waals surface area contributed by atoms with Crippen LogP contribution in [-0.2, 0) is 11.2 Å². The largest absolute Gasteiger partial charge is 0.493 e. The molecular formula is C21H19N3O3S2. The first-order valence-corrected chi connectivity index (χ1v) is 10.5. The summed E-state index contributed by atoms with van der Waals surface area (Å²) in [6, 6.07) is 11.5. The molecule has 1 amide bonds. The van der Waals surface area contributed by atoms with Crippen molar-refractivity contribution in [2.45, 2.75) is 6.42 Å². The van der Waals surface area contributed by atoms with Crippen LogP contribution in [0.15, 0.2) is 46.7 Å². The fourth-order valence-corrected chi connectivity index (χ4v) is 4.21. The topological polar surface area (TPSA) is 84.2 Å². The number of nitrogens with one attached hydrogen (secondary N) is 1. The minimum atomic E-state index is -0.418. The monoisotopic (exact) mass is 425 g/mol. The third-order valence-electron chi connectivity index (χ3n) is 4.06. The maximum atomic E-state index is 12.4. The zero-order valence-electron chi connectivity index (χ0n) is 16.0. The van der Waals surface area contributed by atoms with Crippen LogP contribution in [0.4, 0.5) is 0 Å². The van der Waals surface area contributed by atoms with E-state index in [1.807, 2.05) is 47.2 Å². The standard InChI is InChI=1S/C21H19N3O3S2/c1-26-17-6-5-14(10-18(17)27-2)7-8-23-20(25)15(12-22)11-16-13-29-21(24-16)19-4-3-9-28-19/h3-6,9-11,13H,7-8H2,1-2H3,(H,23,25). The second-order valence-electron chi connectivity index (χ2n) is 5.92. The first-order valence-electron chi connectivity index (χ1n) is 8.75. The number of thiazole rings is 1. The summed E-state index contributed by atoms with van der Waals surface area (Å²) in [5.41, 5.74) is 1.62. The van der Waals surface area contributed by atoms with E-state index in [2.05, 4.69) is 10.3 Å². The van der Waals surface area contributed by atoms with E-state index in [9.17, 15) is 10.1 Å². The summed E-state index contributed by atoms with van der Waals surface area (Å²) in [7, 11) is 3.16. The molecular weight excluding hydrogens is 406 g/mol. The van der Waals surface area contributed by atoms with Crippen LogP contribution in [0.2, 0.25) is 0 Å². The number of hydrogen-bond donors (Lipinski definition) is 1. The van der Waals surface area contributed by atoms with E-state index in [0.29, 0.717) is 30.2 Å². The van der Waals surface area contributed by atoms with Gasteiger partial charge in [-0.15, -0.1) is 22.7 Å². The van der Waals surface area contributed by atoms with Gasteiger partial charge in [0.25, 0.3) is 5.91 Å². The highest BCUT2D eigenvalue weighted by atomic mass is 32.1. The van der Waals surface area contributed by atoms with Crippen LogP contribution in [-0.4, -0.2) is 31.7 Å². The van der Waals surface area contributed by atoms with Crippen molar-refractivity contribution in [2.75, 3.05) is 20.8 Å². The second kappa shape index (κ2) is 9.87. The number of nitrogens with zero attached hydrogens (tertiary/aromatic N) is 2. The number of thiophene rings is 1. The Morgan fingerprint density at radius 1 is 1.24 bits per heavy atom. The molecule has 0 fully saturated rings. The lowest BCUT2D eigenvalue weighted by molar-refractivity contribution is -0.117. The molecule has 0 atom stereocenters. The molecule has 1 N–H and O–H groups in total. The Labute approximate surface area is 177 Å². The molecule has 1 aromatic carbocycles. The molecule has 148 valence electrons. The van der Waals surface area contributed by atoms with Crippen LogP contribution in [0.25, 0.3) is 16.0 Å². The van der Waals surface area contributed by atoms with E-state index in [4.69, 9.17) is 9.47 Å². The second-order valence-corrected chi connectivity index (χ2v) is 7.73. The number of hydrogen-bond acceptors (Lipinski definition) is 7. The highest BCUT2D eigenvalue weighted by Crippen LogP contribution is 2.29. The van der Waals surface area contributed by atoms with E-state index in [1.54, 1.807) is 25.6 Å². The number of carbonyl (C=O) groups excluding carboxylic acids is 1. The third-order valence-corrected chi connectivity index (χ3v) is 5.96. The van der Waals surface area contributed by atoms with Crippen molar-refractivity contribution in [3.63, 3.8) is 0 Å². The Hall–Kier alpha value is -3.15. The van der Waals surface area contributed by atoms with Gasteiger partial charge in [-0.2, -0.15) is 5.26 Å². The third kappa shape index (κ3) is 5.22. The van der Waals surface area contributed by atoms with Gasteiger partial charge in [-0.1, -0.05) is 12.1 Å². The average Bonchev–Trinajstić information content (AvgIpc) is 3.43. The Bertz CT molecular complexity index is 1050. The molecule has 0 aliphatic rings. The number of amides is 1. The van der Waals surface area contributed by atoms with Crippen LogP contribution >= 0.6 is 22.7 Å². The molecule has 0 aliphatic carbocycles. The van der Waals surface area contributed by atoms with Crippen molar-refractivity contribution in [1.82, 2.24) is 10.3 Å². The van der Waals surface area contributed by atoms with E-state index >= 15 is 0 Å². The lowest BCUT2D eigenvalue weighted by atomic mass is 10.1. The number of ether oxygens (including phenoxy) is 2. The predicted molar refractivity (Wildman–Crippen MR) is 115 cm³/mol. The average molecular weight is 426 g/mol. The number of aromatic nitrogens is 1. The molecule has 0 saturated carbocycles. The van der Waals surface area contributed by atoms with Crippen molar-refractivity contribution in [3.05, 3.63) is 57.9 Å². The lowest BCUT2D eigenvalue weighted by Crippen LogP contribution is -2.26. The minimum absolute atomic E-state index is 0.0281. The number of carbonyl (C=O) groups is 1. The zero-order chi connectivity index (χ0) is 20.6. The summed E-state index contributed by atoms with van der Waals surface area (Å²) < 4.78 is 10.5. The van der Waals surface area contributed by atoms with Crippen LogP contribution in [0.1, 0.15) is 11.3 Å². The van der Waals surface area contributed by atoms with Crippen LogP contribution < -0.4 is 14.8 Å². The van der Waals surface area contributed by atoms with Gasteiger partial charge in [0.15, 0.2) is 11.5 Å². The van der Waals surface area contributed by atoms with E-state index in [-0.39, 0.29) is 5.57 Å². The lowest BCUT2D eigenvalue weighted by Gasteiger charge is -2.10. The number of rotatable bonds is 8. The summed E-state index contributed by atoms with van der Waals surface area (Å²) in [5.74, 6) is 0.873. The fourth-order valence-electron chi connectivity index (χ4n) is 2.61. The number of methoxy groups -OCH3 is 2. The highest BCUT2D eigenvalue weighted by Gasteiger charge is 2.11. The summed E-state index contributed by atoms with van der Waals surface area (Å²) in [6.07, 6.45) is 2.11. The van der Waals surface area contributed by atoms with Crippen LogP contribution in [0, 0.1) is 11.3 Å². The Morgan fingerprint density at radius 2 is 2.07 bits per heavy atom. The highest BCUT2D eigenvalue weighted by molar-refractivity contribution is 7.20. The summed E-state index contributed by atoms with van der Waals surface area (Å²) in [4.78, 5) is 17.9. The molecule has 8 heteroatoms. The first kappa shape index (κ1) is 20.6. The van der Waals surface area contributed by atoms with Crippen molar-refractivity contribution in [2.24, 2.45) is 0 Å². The molecule has 0 spiro atoms. The zero-order valence-corrected chi connectivity index (χ0v) is 17.6. The summed E-state index contributed by atoms with van der Waals surface area (Å²) >= 11 is 3.08. The number of nitriles is 1. The van der Waals surface area contributed by atoms with E-state index in [0.717, 1.165) is 15.4 Å². The maximum absolute atomic E-state index is 12.4. The SMILES string of the molecule is COc1ccc(CCNC(=O)C(C#N)=Cc2csc(-c3cccs3)n2)cc1OC. The van der Waals surface area contributed by atoms with Crippen molar-refractivity contribution >= 4 is 34.7 Å².